The van der Waals surface area contributed by atoms with Crippen LogP contribution in [-0.4, -0.2) is 37.8 Å². The van der Waals surface area contributed by atoms with E-state index in [1.165, 1.54) is 16.4 Å². The molecule has 0 radical (unpaired) electrons. The number of carbonyl (C=O) groups is 1. The first-order chi connectivity index (χ1) is 12.6. The molecule has 1 aliphatic rings. The lowest BCUT2D eigenvalue weighted by Gasteiger charge is -2.31. The number of benzene rings is 1. The van der Waals surface area contributed by atoms with Gasteiger partial charge in [0.1, 0.15) is 4.90 Å². The zero-order valence-corrected chi connectivity index (χ0v) is 18.4. The topological polar surface area (TPSA) is 66.5 Å². The van der Waals surface area contributed by atoms with E-state index in [0.29, 0.717) is 36.9 Å². The van der Waals surface area contributed by atoms with Gasteiger partial charge >= 0.3 is 0 Å². The van der Waals surface area contributed by atoms with Crippen LogP contribution in [0.5, 0.6) is 0 Å². The van der Waals surface area contributed by atoms with Crippen molar-refractivity contribution in [3.05, 3.63) is 28.2 Å². The van der Waals surface area contributed by atoms with E-state index >= 15 is 0 Å². The molecular formula is C19H28Cl2N2O3S. The third kappa shape index (κ3) is 6.08. The molecule has 1 atom stereocenters. The van der Waals surface area contributed by atoms with Gasteiger partial charge in [-0.1, -0.05) is 37.0 Å². The molecule has 0 aromatic heterocycles. The second-order valence-electron chi connectivity index (χ2n) is 7.63. The quantitative estimate of drug-likeness (QED) is 0.693. The van der Waals surface area contributed by atoms with Gasteiger partial charge in [-0.3, -0.25) is 4.79 Å². The molecule has 5 nitrogen and oxygen atoms in total. The smallest absolute Gasteiger partial charge is 0.244 e. The molecule has 1 N–H and O–H groups in total. The predicted molar refractivity (Wildman–Crippen MR) is 110 cm³/mol. The molecular weight excluding hydrogens is 407 g/mol. The molecule has 27 heavy (non-hydrogen) atoms. The van der Waals surface area contributed by atoms with Gasteiger partial charge in [-0.05, 0) is 56.7 Å². The standard InChI is InChI=1S/C19H28Cl2N2O3S/c1-13(2)4-5-14(3)22-19(24)15-8-10-23(11-9-15)27(25,26)18-12-16(20)6-7-17(18)21/h6-7,12-15H,4-5,8-11H2,1-3H3,(H,22,24). The molecule has 0 spiro atoms. The van der Waals surface area contributed by atoms with Crippen molar-refractivity contribution in [2.24, 2.45) is 11.8 Å². The van der Waals surface area contributed by atoms with E-state index in [0.717, 1.165) is 12.8 Å². The Morgan fingerprint density at radius 1 is 1.19 bits per heavy atom. The van der Waals surface area contributed by atoms with Crippen molar-refractivity contribution in [2.45, 2.75) is 57.4 Å². The Labute approximate surface area is 172 Å². The first-order valence-electron chi connectivity index (χ1n) is 9.37. The summed E-state index contributed by atoms with van der Waals surface area (Å²) in [4.78, 5) is 12.5. The van der Waals surface area contributed by atoms with Crippen LogP contribution in [0.2, 0.25) is 10.0 Å². The maximum atomic E-state index is 12.8. The Morgan fingerprint density at radius 3 is 2.41 bits per heavy atom. The van der Waals surface area contributed by atoms with Crippen LogP contribution in [-0.2, 0) is 14.8 Å². The van der Waals surface area contributed by atoms with E-state index in [-0.39, 0.29) is 27.8 Å². The van der Waals surface area contributed by atoms with Crippen molar-refractivity contribution >= 4 is 39.1 Å². The third-order valence-corrected chi connectivity index (χ3v) is 7.52. The number of amides is 1. The molecule has 2 rings (SSSR count). The lowest BCUT2D eigenvalue weighted by molar-refractivity contribution is -0.126. The molecule has 1 aliphatic heterocycles. The summed E-state index contributed by atoms with van der Waals surface area (Å²) in [5, 5.41) is 3.53. The van der Waals surface area contributed by atoms with Gasteiger partial charge in [0, 0.05) is 30.1 Å². The average molecular weight is 435 g/mol. The number of rotatable bonds is 7. The van der Waals surface area contributed by atoms with E-state index in [1.807, 2.05) is 6.92 Å². The molecule has 0 bridgehead atoms. The number of hydrogen-bond donors (Lipinski definition) is 1. The Hall–Kier alpha value is -0.820. The maximum absolute atomic E-state index is 12.8. The largest absolute Gasteiger partial charge is 0.353 e. The Balaban J connectivity index is 1.94. The summed E-state index contributed by atoms with van der Waals surface area (Å²) >= 11 is 12.0. The fourth-order valence-electron chi connectivity index (χ4n) is 3.19. The normalized spacial score (nSPS) is 17.9. The van der Waals surface area contributed by atoms with Crippen molar-refractivity contribution in [1.82, 2.24) is 9.62 Å². The van der Waals surface area contributed by atoms with Crippen molar-refractivity contribution in [2.75, 3.05) is 13.1 Å². The molecule has 1 fully saturated rings. The molecule has 1 aromatic rings. The van der Waals surface area contributed by atoms with Crippen LogP contribution in [0.4, 0.5) is 0 Å². The highest BCUT2D eigenvalue weighted by molar-refractivity contribution is 7.89. The van der Waals surface area contributed by atoms with Crippen LogP contribution < -0.4 is 5.32 Å². The highest BCUT2D eigenvalue weighted by Crippen LogP contribution is 2.30. The molecule has 1 aromatic carbocycles. The summed E-state index contributed by atoms with van der Waals surface area (Å²) in [7, 11) is -3.72. The van der Waals surface area contributed by atoms with Crippen LogP contribution in [0.1, 0.15) is 46.5 Å². The SMILES string of the molecule is CC(C)CCC(C)NC(=O)C1CCN(S(=O)(=O)c2cc(Cl)ccc2Cl)CC1. The van der Waals surface area contributed by atoms with Gasteiger partial charge in [0.15, 0.2) is 0 Å². The molecule has 0 aliphatic carbocycles. The van der Waals surface area contributed by atoms with E-state index in [2.05, 4.69) is 19.2 Å². The van der Waals surface area contributed by atoms with Crippen molar-refractivity contribution in [3.63, 3.8) is 0 Å². The number of carbonyl (C=O) groups excluding carboxylic acids is 1. The minimum Gasteiger partial charge on any atom is -0.353 e. The van der Waals surface area contributed by atoms with Crippen LogP contribution in [0.25, 0.3) is 0 Å². The van der Waals surface area contributed by atoms with Crippen LogP contribution in [0.3, 0.4) is 0 Å². The van der Waals surface area contributed by atoms with Gasteiger partial charge in [0.05, 0.1) is 5.02 Å². The van der Waals surface area contributed by atoms with E-state index < -0.39 is 10.0 Å². The molecule has 1 saturated heterocycles. The van der Waals surface area contributed by atoms with E-state index in [1.54, 1.807) is 6.07 Å². The predicted octanol–water partition coefficient (Wildman–Crippen LogP) is 4.34. The summed E-state index contributed by atoms with van der Waals surface area (Å²) in [6.45, 7) is 6.93. The highest BCUT2D eigenvalue weighted by atomic mass is 35.5. The number of sulfonamides is 1. The monoisotopic (exact) mass is 434 g/mol. The van der Waals surface area contributed by atoms with Crippen molar-refractivity contribution < 1.29 is 13.2 Å². The van der Waals surface area contributed by atoms with Gasteiger partial charge in [-0.25, -0.2) is 8.42 Å². The Morgan fingerprint density at radius 2 is 1.81 bits per heavy atom. The third-order valence-electron chi connectivity index (χ3n) is 4.90. The number of hydrogen-bond acceptors (Lipinski definition) is 3. The molecule has 1 heterocycles. The highest BCUT2D eigenvalue weighted by Gasteiger charge is 2.33. The zero-order chi connectivity index (χ0) is 20.2. The molecule has 152 valence electrons. The second-order valence-corrected chi connectivity index (χ2v) is 10.4. The van der Waals surface area contributed by atoms with Crippen molar-refractivity contribution in [3.8, 4) is 0 Å². The van der Waals surface area contributed by atoms with E-state index in [9.17, 15) is 13.2 Å². The van der Waals surface area contributed by atoms with Crippen LogP contribution in [0.15, 0.2) is 23.1 Å². The molecule has 1 unspecified atom stereocenters. The molecule has 8 heteroatoms. The average Bonchev–Trinajstić information content (AvgIpc) is 2.62. The lowest BCUT2D eigenvalue weighted by Crippen LogP contribution is -2.44. The fourth-order valence-corrected chi connectivity index (χ4v) is 5.40. The first kappa shape index (κ1) is 22.5. The minimum absolute atomic E-state index is 0.0156. The minimum atomic E-state index is -3.72. The zero-order valence-electron chi connectivity index (χ0n) is 16.0. The van der Waals surface area contributed by atoms with Gasteiger partial charge in [0.2, 0.25) is 15.9 Å². The maximum Gasteiger partial charge on any atom is 0.244 e. The fraction of sp³-hybridized carbons (Fsp3) is 0.632. The van der Waals surface area contributed by atoms with Gasteiger partial charge in [-0.2, -0.15) is 4.31 Å². The first-order valence-corrected chi connectivity index (χ1v) is 11.6. The summed E-state index contributed by atoms with van der Waals surface area (Å²) in [5.41, 5.74) is 0. The van der Waals surface area contributed by atoms with Gasteiger partial charge < -0.3 is 5.32 Å². The number of piperidine rings is 1. The molecule has 0 saturated carbocycles. The van der Waals surface area contributed by atoms with Crippen molar-refractivity contribution in [1.29, 1.82) is 0 Å². The Kier molecular flexibility index (Phi) is 7.98. The number of nitrogens with one attached hydrogen (secondary N) is 1. The van der Waals surface area contributed by atoms with E-state index in [4.69, 9.17) is 23.2 Å². The summed E-state index contributed by atoms with van der Waals surface area (Å²) < 4.78 is 27.1. The summed E-state index contributed by atoms with van der Waals surface area (Å²) in [6.07, 6.45) is 3.02. The second kappa shape index (κ2) is 9.59. The summed E-state index contributed by atoms with van der Waals surface area (Å²) in [6, 6.07) is 4.54. The van der Waals surface area contributed by atoms with Crippen LogP contribution in [0, 0.1) is 11.8 Å². The lowest BCUT2D eigenvalue weighted by atomic mass is 9.96. The Bertz CT molecular complexity index is 760. The number of nitrogens with zero attached hydrogens (tertiary/aromatic N) is 1. The molecule has 1 amide bonds. The van der Waals surface area contributed by atoms with Gasteiger partial charge in [0.25, 0.3) is 0 Å². The number of halogens is 2. The summed E-state index contributed by atoms with van der Waals surface area (Å²) in [5.74, 6) is 0.466. The van der Waals surface area contributed by atoms with Crippen LogP contribution >= 0.6 is 23.2 Å². The van der Waals surface area contributed by atoms with Gasteiger partial charge in [-0.15, -0.1) is 0 Å².